The summed E-state index contributed by atoms with van der Waals surface area (Å²) in [5, 5.41) is 2.77. The Morgan fingerprint density at radius 2 is 2.39 bits per heavy atom. The van der Waals surface area contributed by atoms with E-state index in [1.54, 1.807) is 7.11 Å². The normalized spacial score (nSPS) is 23.9. The monoisotopic (exact) mass is 260 g/mol. The van der Waals surface area contributed by atoms with Crippen LogP contribution in [0, 0.1) is 0 Å². The number of rotatable bonds is 8. The summed E-state index contributed by atoms with van der Waals surface area (Å²) in [6, 6.07) is 0. The molecule has 0 saturated carbocycles. The molecule has 0 spiro atoms. The molecule has 0 aromatic heterocycles. The van der Waals surface area contributed by atoms with Gasteiger partial charge in [-0.25, -0.2) is 0 Å². The van der Waals surface area contributed by atoms with Crippen molar-refractivity contribution in [3.63, 3.8) is 0 Å². The van der Waals surface area contributed by atoms with E-state index in [1.165, 1.54) is 0 Å². The standard InChI is InChI=1S/C12H24N2O4/c1-16-6-3-5-14-11(15)8-18-12(9-13)4-2-7-17-10-12/h2-10,13H2,1H3,(H,14,15). The zero-order chi connectivity index (χ0) is 13.3. The van der Waals surface area contributed by atoms with Gasteiger partial charge in [0, 0.05) is 33.4 Å². The maximum atomic E-state index is 11.5. The van der Waals surface area contributed by atoms with Crippen LogP contribution in [0.3, 0.4) is 0 Å². The van der Waals surface area contributed by atoms with Gasteiger partial charge in [0.15, 0.2) is 0 Å². The van der Waals surface area contributed by atoms with E-state index in [0.29, 0.717) is 26.3 Å². The van der Waals surface area contributed by atoms with Crippen molar-refractivity contribution in [2.75, 3.05) is 46.6 Å². The lowest BCUT2D eigenvalue weighted by Gasteiger charge is -2.35. The zero-order valence-corrected chi connectivity index (χ0v) is 11.1. The molecule has 0 aromatic rings. The number of nitrogens with one attached hydrogen (secondary N) is 1. The number of nitrogens with two attached hydrogens (primary N) is 1. The Morgan fingerprint density at radius 3 is 3.00 bits per heavy atom. The summed E-state index contributed by atoms with van der Waals surface area (Å²) >= 11 is 0. The maximum absolute atomic E-state index is 11.5. The molecule has 1 aliphatic heterocycles. The maximum Gasteiger partial charge on any atom is 0.246 e. The van der Waals surface area contributed by atoms with Gasteiger partial charge in [-0.2, -0.15) is 0 Å². The van der Waals surface area contributed by atoms with Crippen LogP contribution in [0.5, 0.6) is 0 Å². The number of methoxy groups -OCH3 is 1. The first-order valence-electron chi connectivity index (χ1n) is 6.40. The van der Waals surface area contributed by atoms with Gasteiger partial charge in [-0.3, -0.25) is 4.79 Å². The third-order valence-corrected chi connectivity index (χ3v) is 3.02. The molecule has 3 N–H and O–H groups in total. The van der Waals surface area contributed by atoms with Gasteiger partial charge in [0.05, 0.1) is 6.61 Å². The van der Waals surface area contributed by atoms with Crippen molar-refractivity contribution in [2.45, 2.75) is 24.9 Å². The van der Waals surface area contributed by atoms with Crippen molar-refractivity contribution in [3.8, 4) is 0 Å². The van der Waals surface area contributed by atoms with E-state index in [2.05, 4.69) is 5.32 Å². The Bertz CT molecular complexity index is 242. The van der Waals surface area contributed by atoms with Crippen molar-refractivity contribution >= 4 is 5.91 Å². The first-order chi connectivity index (χ1) is 8.72. The number of hydrogen-bond donors (Lipinski definition) is 2. The average molecular weight is 260 g/mol. The Balaban J connectivity index is 2.19. The van der Waals surface area contributed by atoms with Gasteiger partial charge in [0.2, 0.25) is 5.91 Å². The van der Waals surface area contributed by atoms with Gasteiger partial charge >= 0.3 is 0 Å². The molecule has 1 rings (SSSR count). The summed E-state index contributed by atoms with van der Waals surface area (Å²) in [5.74, 6) is -0.121. The second-order valence-corrected chi connectivity index (χ2v) is 4.53. The van der Waals surface area contributed by atoms with Crippen molar-refractivity contribution in [2.24, 2.45) is 5.73 Å². The topological polar surface area (TPSA) is 82.8 Å². The van der Waals surface area contributed by atoms with Crippen LogP contribution in [0.2, 0.25) is 0 Å². The summed E-state index contributed by atoms with van der Waals surface area (Å²) in [5.41, 5.74) is 5.23. The third kappa shape index (κ3) is 5.30. The number of carbonyl (C=O) groups excluding carboxylic acids is 1. The number of carbonyl (C=O) groups is 1. The summed E-state index contributed by atoms with van der Waals surface area (Å²) in [4.78, 5) is 11.5. The molecule has 1 aliphatic rings. The minimum absolute atomic E-state index is 0.0353. The number of ether oxygens (including phenoxy) is 3. The van der Waals surface area contributed by atoms with Crippen molar-refractivity contribution in [3.05, 3.63) is 0 Å². The predicted octanol–water partition coefficient (Wildman–Crippen LogP) is -0.336. The smallest absolute Gasteiger partial charge is 0.246 e. The van der Waals surface area contributed by atoms with Crippen LogP contribution in [-0.4, -0.2) is 58.1 Å². The first-order valence-corrected chi connectivity index (χ1v) is 6.40. The fraction of sp³-hybridized carbons (Fsp3) is 0.917. The van der Waals surface area contributed by atoms with E-state index in [1.807, 2.05) is 0 Å². The Hall–Kier alpha value is -0.690. The summed E-state index contributed by atoms with van der Waals surface area (Å²) in [6.07, 6.45) is 2.57. The number of amides is 1. The van der Waals surface area contributed by atoms with Gasteiger partial charge in [-0.1, -0.05) is 0 Å². The first kappa shape index (κ1) is 15.4. The highest BCUT2D eigenvalue weighted by Crippen LogP contribution is 2.22. The lowest BCUT2D eigenvalue weighted by Crippen LogP contribution is -2.49. The van der Waals surface area contributed by atoms with Crippen LogP contribution in [0.4, 0.5) is 0 Å². The van der Waals surface area contributed by atoms with E-state index in [9.17, 15) is 4.79 Å². The predicted molar refractivity (Wildman–Crippen MR) is 67.3 cm³/mol. The summed E-state index contributed by atoms with van der Waals surface area (Å²) < 4.78 is 15.9. The molecule has 0 bridgehead atoms. The lowest BCUT2D eigenvalue weighted by molar-refractivity contribution is -0.147. The van der Waals surface area contributed by atoms with Gasteiger partial charge < -0.3 is 25.3 Å². The zero-order valence-electron chi connectivity index (χ0n) is 11.1. The van der Waals surface area contributed by atoms with Crippen LogP contribution in [-0.2, 0) is 19.0 Å². The second-order valence-electron chi connectivity index (χ2n) is 4.53. The van der Waals surface area contributed by atoms with Crippen LogP contribution in [0.1, 0.15) is 19.3 Å². The molecule has 1 atom stereocenters. The van der Waals surface area contributed by atoms with E-state index >= 15 is 0 Å². The number of hydrogen-bond acceptors (Lipinski definition) is 5. The van der Waals surface area contributed by atoms with Gasteiger partial charge in [-0.05, 0) is 19.3 Å². The highest BCUT2D eigenvalue weighted by molar-refractivity contribution is 5.77. The molecule has 1 fully saturated rings. The van der Waals surface area contributed by atoms with E-state index in [4.69, 9.17) is 19.9 Å². The molecule has 1 unspecified atom stereocenters. The van der Waals surface area contributed by atoms with Crippen LogP contribution in [0.15, 0.2) is 0 Å². The molecule has 0 aliphatic carbocycles. The largest absolute Gasteiger partial charge is 0.385 e. The molecule has 6 nitrogen and oxygen atoms in total. The fourth-order valence-electron chi connectivity index (χ4n) is 1.87. The molecule has 6 heteroatoms. The van der Waals surface area contributed by atoms with E-state index in [0.717, 1.165) is 25.9 Å². The van der Waals surface area contributed by atoms with Gasteiger partial charge in [0.1, 0.15) is 12.2 Å². The molecule has 1 saturated heterocycles. The molecular formula is C12H24N2O4. The van der Waals surface area contributed by atoms with E-state index in [-0.39, 0.29) is 12.5 Å². The quantitative estimate of drug-likeness (QED) is 0.584. The van der Waals surface area contributed by atoms with Gasteiger partial charge in [0.25, 0.3) is 0 Å². The van der Waals surface area contributed by atoms with Crippen LogP contribution in [0.25, 0.3) is 0 Å². The van der Waals surface area contributed by atoms with Crippen molar-refractivity contribution in [1.29, 1.82) is 0 Å². The van der Waals surface area contributed by atoms with Crippen molar-refractivity contribution < 1.29 is 19.0 Å². The van der Waals surface area contributed by atoms with Gasteiger partial charge in [-0.15, -0.1) is 0 Å². The minimum Gasteiger partial charge on any atom is -0.385 e. The molecule has 18 heavy (non-hydrogen) atoms. The Kier molecular flexibility index (Phi) is 7.19. The molecule has 0 radical (unpaired) electrons. The Labute approximate surface area is 108 Å². The Morgan fingerprint density at radius 1 is 1.56 bits per heavy atom. The molecular weight excluding hydrogens is 236 g/mol. The van der Waals surface area contributed by atoms with Crippen molar-refractivity contribution in [1.82, 2.24) is 5.32 Å². The lowest BCUT2D eigenvalue weighted by atomic mass is 9.97. The fourth-order valence-corrected chi connectivity index (χ4v) is 1.87. The highest BCUT2D eigenvalue weighted by atomic mass is 16.5. The molecule has 1 heterocycles. The second kappa shape index (κ2) is 8.42. The summed E-state index contributed by atoms with van der Waals surface area (Å²) in [6.45, 7) is 2.87. The van der Waals surface area contributed by atoms with Crippen LogP contribution >= 0.6 is 0 Å². The molecule has 1 amide bonds. The molecule has 0 aromatic carbocycles. The highest BCUT2D eigenvalue weighted by Gasteiger charge is 2.33. The summed E-state index contributed by atoms with van der Waals surface area (Å²) in [7, 11) is 1.64. The van der Waals surface area contributed by atoms with E-state index < -0.39 is 5.60 Å². The SMILES string of the molecule is COCCCNC(=O)COC1(CN)CCCOC1. The average Bonchev–Trinajstić information content (AvgIpc) is 2.42. The third-order valence-electron chi connectivity index (χ3n) is 3.02. The van der Waals surface area contributed by atoms with Crippen LogP contribution < -0.4 is 11.1 Å². The molecule has 106 valence electrons. The minimum atomic E-state index is -0.484.